The fourth-order valence-electron chi connectivity index (χ4n) is 0.847. The van der Waals surface area contributed by atoms with Crippen LogP contribution in [0.3, 0.4) is 0 Å². The van der Waals surface area contributed by atoms with E-state index in [2.05, 4.69) is 18.3 Å². The first kappa shape index (κ1) is 8.11. The lowest BCUT2D eigenvalue weighted by Gasteiger charge is -2.02. The van der Waals surface area contributed by atoms with Crippen molar-refractivity contribution >= 4 is 0 Å². The summed E-state index contributed by atoms with van der Waals surface area (Å²) in [6.07, 6.45) is 3.24. The molecule has 1 heterocycles. The van der Waals surface area contributed by atoms with Crippen molar-refractivity contribution in [1.29, 1.82) is 0 Å². The summed E-state index contributed by atoms with van der Waals surface area (Å²) in [5.41, 5.74) is 0. The van der Waals surface area contributed by atoms with Crippen LogP contribution in [0, 0.1) is 5.92 Å². The lowest BCUT2D eigenvalue weighted by atomic mass is 10.0. The van der Waals surface area contributed by atoms with Crippen LogP contribution in [-0.2, 0) is 6.42 Å². The van der Waals surface area contributed by atoms with Crippen molar-refractivity contribution in [2.24, 2.45) is 5.92 Å². The van der Waals surface area contributed by atoms with Gasteiger partial charge >= 0.3 is 5.82 Å². The predicted octanol–water partition coefficient (Wildman–Crippen LogP) is 1.82. The second kappa shape index (κ2) is 3.42. The average Bonchev–Trinajstić information content (AvgIpc) is 2.35. The van der Waals surface area contributed by atoms with Gasteiger partial charge in [0.2, 0.25) is 0 Å². The molecule has 1 aromatic rings. The Morgan fingerprint density at radius 2 is 2.36 bits per heavy atom. The van der Waals surface area contributed by atoms with Crippen LogP contribution in [0.1, 0.15) is 26.0 Å². The third-order valence-electron chi connectivity index (χ3n) is 1.75. The average molecular weight is 156 g/mol. The Morgan fingerprint density at radius 3 is 2.82 bits per heavy atom. The Hall–Kier alpha value is -0.990. The van der Waals surface area contributed by atoms with Crippen LogP contribution in [-0.4, -0.2) is 0 Å². The Labute approximate surface area is 65.0 Å². The van der Waals surface area contributed by atoms with E-state index in [1.807, 2.05) is 0 Å². The second-order valence-electron chi connectivity index (χ2n) is 2.77. The van der Waals surface area contributed by atoms with Gasteiger partial charge in [0, 0.05) is 6.42 Å². The van der Waals surface area contributed by atoms with Crippen LogP contribution in [0.4, 0.5) is 0 Å². The minimum Gasteiger partial charge on any atom is -0.399 e. The first-order chi connectivity index (χ1) is 5.22. The van der Waals surface area contributed by atoms with Crippen molar-refractivity contribution in [3.63, 3.8) is 0 Å². The zero-order chi connectivity index (χ0) is 8.27. The van der Waals surface area contributed by atoms with E-state index in [9.17, 15) is 4.79 Å². The van der Waals surface area contributed by atoms with Gasteiger partial charge in [0.05, 0.1) is 0 Å². The van der Waals surface area contributed by atoms with Gasteiger partial charge in [-0.25, -0.2) is 4.79 Å². The van der Waals surface area contributed by atoms with Crippen molar-refractivity contribution in [2.75, 3.05) is 0 Å². The van der Waals surface area contributed by atoms with Crippen LogP contribution < -0.4 is 5.82 Å². The maximum atomic E-state index is 10.4. The molecule has 62 valence electrons. The Balaban J connectivity index is 2.57. The molecule has 3 nitrogen and oxygen atoms in total. The summed E-state index contributed by atoms with van der Waals surface area (Å²) in [6, 6.07) is 0. The highest BCUT2D eigenvalue weighted by molar-refractivity contribution is 4.86. The highest BCUT2D eigenvalue weighted by atomic mass is 16.6. The highest BCUT2D eigenvalue weighted by Gasteiger charge is 2.05. The molecule has 0 aliphatic rings. The van der Waals surface area contributed by atoms with Crippen molar-refractivity contribution in [3.8, 4) is 0 Å². The largest absolute Gasteiger partial charge is 0.518 e. The van der Waals surface area contributed by atoms with E-state index in [1.54, 1.807) is 0 Å². The predicted molar refractivity (Wildman–Crippen MR) is 40.4 cm³/mol. The molecule has 1 rings (SSSR count). The lowest BCUT2D eigenvalue weighted by molar-refractivity contribution is 0.364. The monoisotopic (exact) mass is 156 g/mol. The molecule has 1 atom stereocenters. The minimum atomic E-state index is -0.608. The molecule has 1 unspecified atom stereocenters. The van der Waals surface area contributed by atoms with Gasteiger partial charge in [-0.1, -0.05) is 20.3 Å². The molecule has 0 saturated carbocycles. The molecule has 3 heteroatoms. The minimum absolute atomic E-state index is 0.538. The van der Waals surface area contributed by atoms with E-state index in [0.29, 0.717) is 11.7 Å². The Bertz CT molecular complexity index is 258. The maximum Gasteiger partial charge on any atom is 0.518 e. The van der Waals surface area contributed by atoms with Crippen LogP contribution in [0.15, 0.2) is 19.9 Å². The Kier molecular flexibility index (Phi) is 2.52. The summed E-state index contributed by atoms with van der Waals surface area (Å²) in [6.45, 7) is 4.20. The smallest absolute Gasteiger partial charge is 0.399 e. The molecule has 11 heavy (non-hydrogen) atoms. The summed E-state index contributed by atoms with van der Waals surface area (Å²) >= 11 is 0. The molecule has 0 aliphatic heterocycles. The molecule has 0 saturated heterocycles. The quantitative estimate of drug-likeness (QED) is 0.670. The SMILES string of the molecule is CCC(C)Cc1coc(=O)o1. The molecule has 0 radical (unpaired) electrons. The van der Waals surface area contributed by atoms with Crippen LogP contribution >= 0.6 is 0 Å². The highest BCUT2D eigenvalue weighted by Crippen LogP contribution is 2.09. The third kappa shape index (κ3) is 2.26. The summed E-state index contributed by atoms with van der Waals surface area (Å²) in [4.78, 5) is 10.4. The summed E-state index contributed by atoms with van der Waals surface area (Å²) in [5.74, 6) is 0.573. The number of hydrogen-bond donors (Lipinski definition) is 0. The van der Waals surface area contributed by atoms with Crippen molar-refractivity contribution in [1.82, 2.24) is 0 Å². The number of hydrogen-bond acceptors (Lipinski definition) is 3. The molecular weight excluding hydrogens is 144 g/mol. The van der Waals surface area contributed by atoms with Crippen molar-refractivity contribution in [2.45, 2.75) is 26.7 Å². The molecule has 0 aliphatic carbocycles. The van der Waals surface area contributed by atoms with Gasteiger partial charge in [-0.3, -0.25) is 0 Å². The zero-order valence-corrected chi connectivity index (χ0v) is 6.79. The van der Waals surface area contributed by atoms with Gasteiger partial charge in [0.15, 0.2) is 0 Å². The fraction of sp³-hybridized carbons (Fsp3) is 0.625. The van der Waals surface area contributed by atoms with E-state index >= 15 is 0 Å². The molecule has 0 aromatic carbocycles. The van der Waals surface area contributed by atoms with Crippen molar-refractivity contribution < 1.29 is 8.83 Å². The maximum absolute atomic E-state index is 10.4. The van der Waals surface area contributed by atoms with Crippen LogP contribution in [0.2, 0.25) is 0 Å². The molecular formula is C8H12O3. The van der Waals surface area contributed by atoms with Gasteiger partial charge in [0.1, 0.15) is 12.0 Å². The first-order valence-corrected chi connectivity index (χ1v) is 3.80. The number of rotatable bonds is 3. The first-order valence-electron chi connectivity index (χ1n) is 3.80. The summed E-state index contributed by atoms with van der Waals surface area (Å²) in [7, 11) is 0. The normalized spacial score (nSPS) is 13.3. The van der Waals surface area contributed by atoms with E-state index < -0.39 is 5.82 Å². The summed E-state index contributed by atoms with van der Waals surface area (Å²) in [5, 5.41) is 0. The molecule has 0 N–H and O–H groups in total. The molecule has 0 amide bonds. The van der Waals surface area contributed by atoms with E-state index in [0.717, 1.165) is 12.8 Å². The lowest BCUT2D eigenvalue weighted by Crippen LogP contribution is -1.96. The van der Waals surface area contributed by atoms with Gasteiger partial charge in [0.25, 0.3) is 0 Å². The van der Waals surface area contributed by atoms with Crippen LogP contribution in [0.5, 0.6) is 0 Å². The summed E-state index contributed by atoms with van der Waals surface area (Å²) < 4.78 is 9.22. The molecule has 0 spiro atoms. The van der Waals surface area contributed by atoms with Gasteiger partial charge in [-0.2, -0.15) is 0 Å². The van der Waals surface area contributed by atoms with E-state index in [1.165, 1.54) is 6.26 Å². The van der Waals surface area contributed by atoms with Gasteiger partial charge in [-0.05, 0) is 5.92 Å². The van der Waals surface area contributed by atoms with Crippen molar-refractivity contribution in [3.05, 3.63) is 22.6 Å². The molecule has 0 fully saturated rings. The zero-order valence-electron chi connectivity index (χ0n) is 6.79. The Morgan fingerprint density at radius 1 is 1.64 bits per heavy atom. The van der Waals surface area contributed by atoms with Gasteiger partial charge in [-0.15, -0.1) is 0 Å². The second-order valence-corrected chi connectivity index (χ2v) is 2.77. The van der Waals surface area contributed by atoms with E-state index in [-0.39, 0.29) is 0 Å². The third-order valence-corrected chi connectivity index (χ3v) is 1.75. The molecule has 0 bridgehead atoms. The standard InChI is InChI=1S/C8H12O3/c1-3-6(2)4-7-5-10-8(9)11-7/h5-6H,3-4H2,1-2H3. The van der Waals surface area contributed by atoms with Crippen LogP contribution in [0.25, 0.3) is 0 Å². The van der Waals surface area contributed by atoms with E-state index in [4.69, 9.17) is 4.42 Å². The topological polar surface area (TPSA) is 43.4 Å². The fourth-order valence-corrected chi connectivity index (χ4v) is 0.847. The molecule has 1 aromatic heterocycles. The van der Waals surface area contributed by atoms with Gasteiger partial charge < -0.3 is 8.83 Å².